The highest BCUT2D eigenvalue weighted by molar-refractivity contribution is 7.99. The van der Waals surface area contributed by atoms with Crippen molar-refractivity contribution in [3.05, 3.63) is 53.2 Å². The smallest absolute Gasteiger partial charge is 0.341 e. The summed E-state index contributed by atoms with van der Waals surface area (Å²) in [5, 5.41) is 3.89. The lowest BCUT2D eigenvalue weighted by atomic mass is 10.2. The van der Waals surface area contributed by atoms with E-state index in [0.717, 1.165) is 11.3 Å². The van der Waals surface area contributed by atoms with E-state index in [1.54, 1.807) is 30.5 Å². The third-order valence-corrected chi connectivity index (χ3v) is 4.65. The van der Waals surface area contributed by atoms with Gasteiger partial charge in [0, 0.05) is 22.2 Å². The lowest BCUT2D eigenvalue weighted by molar-refractivity contribution is -0.124. The van der Waals surface area contributed by atoms with E-state index in [-0.39, 0.29) is 18.6 Å². The molecule has 0 radical (unpaired) electrons. The van der Waals surface area contributed by atoms with Gasteiger partial charge in [0.15, 0.2) is 6.61 Å². The zero-order valence-electron chi connectivity index (χ0n) is 14.0. The molecule has 0 aliphatic heterocycles. The summed E-state index contributed by atoms with van der Waals surface area (Å²) < 4.78 is 5.11. The van der Waals surface area contributed by atoms with Gasteiger partial charge in [0.05, 0.1) is 5.56 Å². The lowest BCUT2D eigenvalue weighted by Crippen LogP contribution is -2.35. The molecule has 1 atom stereocenters. The molecule has 0 saturated heterocycles. The highest BCUT2D eigenvalue weighted by atomic mass is 35.5. The minimum Gasteiger partial charge on any atom is -0.452 e. The van der Waals surface area contributed by atoms with E-state index in [0.29, 0.717) is 15.6 Å². The van der Waals surface area contributed by atoms with Crippen LogP contribution < -0.4 is 5.32 Å². The van der Waals surface area contributed by atoms with Crippen molar-refractivity contribution in [2.45, 2.75) is 36.2 Å². The van der Waals surface area contributed by atoms with Crippen LogP contribution >= 0.6 is 23.4 Å². The molecular weight excluding hydrogens is 360 g/mol. The van der Waals surface area contributed by atoms with Crippen LogP contribution in [0.25, 0.3) is 0 Å². The second-order valence-corrected chi connectivity index (χ2v) is 6.86. The van der Waals surface area contributed by atoms with Crippen LogP contribution in [0.4, 0.5) is 0 Å². The van der Waals surface area contributed by atoms with Gasteiger partial charge in [-0.05, 0) is 49.7 Å². The van der Waals surface area contributed by atoms with Crippen LogP contribution in [0, 0.1) is 0 Å². The molecule has 1 amide bonds. The standard InChI is InChI=1S/C18H19ClN2O3S/c1-3-12(2)21-16(22)11-24-18(23)15-5-4-10-20-17(15)25-14-8-6-13(19)7-9-14/h4-10,12H,3,11H2,1-2H3,(H,21,22)/t12-/m1/s1. The van der Waals surface area contributed by atoms with E-state index < -0.39 is 5.97 Å². The molecule has 1 heterocycles. The van der Waals surface area contributed by atoms with Crippen molar-refractivity contribution in [2.75, 3.05) is 6.61 Å². The number of halogens is 1. The van der Waals surface area contributed by atoms with Gasteiger partial charge in [0.1, 0.15) is 5.03 Å². The van der Waals surface area contributed by atoms with Crippen LogP contribution in [0.5, 0.6) is 0 Å². The topological polar surface area (TPSA) is 68.3 Å². The summed E-state index contributed by atoms with van der Waals surface area (Å²) in [5.41, 5.74) is 0.318. The summed E-state index contributed by atoms with van der Waals surface area (Å²) in [6, 6.07) is 10.5. The van der Waals surface area contributed by atoms with E-state index in [1.807, 2.05) is 26.0 Å². The van der Waals surface area contributed by atoms with Crippen molar-refractivity contribution in [3.63, 3.8) is 0 Å². The maximum Gasteiger partial charge on any atom is 0.341 e. The molecule has 0 aliphatic carbocycles. The van der Waals surface area contributed by atoms with Gasteiger partial charge < -0.3 is 10.1 Å². The summed E-state index contributed by atoms with van der Waals surface area (Å²) in [7, 11) is 0. The summed E-state index contributed by atoms with van der Waals surface area (Å²) >= 11 is 7.21. The van der Waals surface area contributed by atoms with Gasteiger partial charge in [-0.15, -0.1) is 0 Å². The number of esters is 1. The Morgan fingerprint density at radius 2 is 2.00 bits per heavy atom. The molecule has 2 aromatic rings. The van der Waals surface area contributed by atoms with Gasteiger partial charge in [0.2, 0.25) is 0 Å². The first-order chi connectivity index (χ1) is 12.0. The SMILES string of the molecule is CC[C@@H](C)NC(=O)COC(=O)c1cccnc1Sc1ccc(Cl)cc1. The normalized spacial score (nSPS) is 11.6. The largest absolute Gasteiger partial charge is 0.452 e. The first-order valence-electron chi connectivity index (χ1n) is 7.84. The number of pyridine rings is 1. The van der Waals surface area contributed by atoms with Crippen LogP contribution in [0.2, 0.25) is 5.02 Å². The van der Waals surface area contributed by atoms with Crippen LogP contribution in [0.1, 0.15) is 30.6 Å². The number of rotatable bonds is 7. The highest BCUT2D eigenvalue weighted by Crippen LogP contribution is 2.29. The maximum absolute atomic E-state index is 12.3. The Kier molecular flexibility index (Phi) is 7.28. The van der Waals surface area contributed by atoms with Crippen LogP contribution in [0.3, 0.4) is 0 Å². The molecule has 132 valence electrons. The maximum atomic E-state index is 12.3. The summed E-state index contributed by atoms with van der Waals surface area (Å²) in [6.45, 7) is 3.54. The Hall–Kier alpha value is -2.05. The van der Waals surface area contributed by atoms with Crippen LogP contribution in [-0.2, 0) is 9.53 Å². The van der Waals surface area contributed by atoms with E-state index in [4.69, 9.17) is 16.3 Å². The quantitative estimate of drug-likeness (QED) is 0.738. The minimum absolute atomic E-state index is 0.0422. The Bertz CT molecular complexity index is 737. The molecule has 0 spiro atoms. The second-order valence-electron chi connectivity index (χ2n) is 5.37. The van der Waals surface area contributed by atoms with Gasteiger partial charge in [0.25, 0.3) is 5.91 Å². The number of aromatic nitrogens is 1. The fraction of sp³-hybridized carbons (Fsp3) is 0.278. The number of nitrogens with zero attached hydrogens (tertiary/aromatic N) is 1. The first kappa shape index (κ1) is 19.3. The highest BCUT2D eigenvalue weighted by Gasteiger charge is 2.16. The third-order valence-electron chi connectivity index (χ3n) is 3.37. The predicted molar refractivity (Wildman–Crippen MR) is 98.0 cm³/mol. The zero-order chi connectivity index (χ0) is 18.2. The molecule has 25 heavy (non-hydrogen) atoms. The average molecular weight is 379 g/mol. The molecule has 1 aromatic heterocycles. The number of carbonyl (C=O) groups is 2. The number of ether oxygens (including phenoxy) is 1. The molecular formula is C18H19ClN2O3S. The first-order valence-corrected chi connectivity index (χ1v) is 9.04. The molecule has 1 N–H and O–H groups in total. The Morgan fingerprint density at radius 1 is 1.28 bits per heavy atom. The van der Waals surface area contributed by atoms with Gasteiger partial charge in [-0.3, -0.25) is 4.79 Å². The lowest BCUT2D eigenvalue weighted by Gasteiger charge is -2.12. The molecule has 0 unspecified atom stereocenters. The Balaban J connectivity index is 2.02. The van der Waals surface area contributed by atoms with Gasteiger partial charge in [-0.25, -0.2) is 9.78 Å². The van der Waals surface area contributed by atoms with Gasteiger partial charge in [-0.2, -0.15) is 0 Å². The Labute approximate surface area is 156 Å². The molecule has 0 bridgehead atoms. The van der Waals surface area contributed by atoms with Crippen molar-refractivity contribution >= 4 is 35.2 Å². The van der Waals surface area contributed by atoms with Crippen molar-refractivity contribution in [1.29, 1.82) is 0 Å². The number of hydrogen-bond acceptors (Lipinski definition) is 5. The fourth-order valence-corrected chi connectivity index (χ4v) is 2.87. The second kappa shape index (κ2) is 9.44. The third kappa shape index (κ3) is 6.07. The molecule has 1 aromatic carbocycles. The van der Waals surface area contributed by atoms with Crippen molar-refractivity contribution in [2.24, 2.45) is 0 Å². The zero-order valence-corrected chi connectivity index (χ0v) is 15.6. The van der Waals surface area contributed by atoms with Crippen molar-refractivity contribution in [3.8, 4) is 0 Å². The fourth-order valence-electron chi connectivity index (χ4n) is 1.87. The van der Waals surface area contributed by atoms with E-state index in [2.05, 4.69) is 10.3 Å². The van der Waals surface area contributed by atoms with E-state index >= 15 is 0 Å². The molecule has 7 heteroatoms. The summed E-state index contributed by atoms with van der Waals surface area (Å²) in [5.74, 6) is -0.901. The number of amides is 1. The van der Waals surface area contributed by atoms with Crippen molar-refractivity contribution < 1.29 is 14.3 Å². The number of benzene rings is 1. The number of carbonyl (C=O) groups excluding carboxylic acids is 2. The molecule has 5 nitrogen and oxygen atoms in total. The summed E-state index contributed by atoms with van der Waals surface area (Å²) in [4.78, 5) is 29.2. The number of nitrogens with one attached hydrogen (secondary N) is 1. The van der Waals surface area contributed by atoms with Crippen molar-refractivity contribution in [1.82, 2.24) is 10.3 Å². The molecule has 2 rings (SSSR count). The van der Waals surface area contributed by atoms with E-state index in [1.165, 1.54) is 11.8 Å². The van der Waals surface area contributed by atoms with Crippen LogP contribution in [-0.4, -0.2) is 29.5 Å². The molecule has 0 aliphatic rings. The monoisotopic (exact) mass is 378 g/mol. The molecule has 0 fully saturated rings. The van der Waals surface area contributed by atoms with Gasteiger partial charge >= 0.3 is 5.97 Å². The number of hydrogen-bond donors (Lipinski definition) is 1. The Morgan fingerprint density at radius 3 is 2.68 bits per heavy atom. The van der Waals surface area contributed by atoms with Crippen LogP contribution in [0.15, 0.2) is 52.5 Å². The van der Waals surface area contributed by atoms with E-state index in [9.17, 15) is 9.59 Å². The van der Waals surface area contributed by atoms with Gasteiger partial charge in [-0.1, -0.05) is 30.3 Å². The minimum atomic E-state index is -0.580. The summed E-state index contributed by atoms with van der Waals surface area (Å²) in [6.07, 6.45) is 2.41. The average Bonchev–Trinajstić information content (AvgIpc) is 2.62. The predicted octanol–water partition coefficient (Wildman–Crippen LogP) is 3.96. The molecule has 0 saturated carbocycles.